The van der Waals surface area contributed by atoms with Crippen molar-refractivity contribution in [2.24, 2.45) is 5.92 Å². The summed E-state index contributed by atoms with van der Waals surface area (Å²) >= 11 is 1.63. The first-order valence-electron chi connectivity index (χ1n) is 5.51. The topological polar surface area (TPSA) is 42.0 Å². The zero-order valence-electron chi connectivity index (χ0n) is 9.35. The molecule has 2 unspecified atom stereocenters. The van der Waals surface area contributed by atoms with E-state index >= 15 is 0 Å². The van der Waals surface area contributed by atoms with Gasteiger partial charge in [0.05, 0.1) is 5.75 Å². The highest BCUT2D eigenvalue weighted by atomic mass is 32.2. The van der Waals surface area contributed by atoms with Gasteiger partial charge in [-0.2, -0.15) is 0 Å². The molecule has 0 radical (unpaired) electrons. The third kappa shape index (κ3) is 3.52. The second-order valence-electron chi connectivity index (χ2n) is 4.24. The standard InChI is InChI=1S/C12H16N2OS/c1-9-5-11(9)14-12(15)8-16-7-10-3-2-4-13-6-10/h2-4,6,9,11H,5,7-8H2,1H3,(H,14,15). The van der Waals surface area contributed by atoms with Crippen LogP contribution in [0.2, 0.25) is 0 Å². The molecule has 1 saturated carbocycles. The Labute approximate surface area is 100 Å². The van der Waals surface area contributed by atoms with Gasteiger partial charge in [-0.25, -0.2) is 0 Å². The van der Waals surface area contributed by atoms with E-state index in [4.69, 9.17) is 0 Å². The average molecular weight is 236 g/mol. The van der Waals surface area contributed by atoms with Gasteiger partial charge < -0.3 is 5.32 Å². The van der Waals surface area contributed by atoms with Crippen molar-refractivity contribution < 1.29 is 4.79 Å². The van der Waals surface area contributed by atoms with Gasteiger partial charge in [0.1, 0.15) is 0 Å². The molecule has 4 heteroatoms. The summed E-state index contributed by atoms with van der Waals surface area (Å²) in [7, 11) is 0. The summed E-state index contributed by atoms with van der Waals surface area (Å²) in [4.78, 5) is 15.5. The first-order chi connectivity index (χ1) is 7.75. The fraction of sp³-hybridized carbons (Fsp3) is 0.500. The number of carbonyl (C=O) groups is 1. The molecule has 3 nitrogen and oxygen atoms in total. The lowest BCUT2D eigenvalue weighted by molar-refractivity contribution is -0.118. The van der Waals surface area contributed by atoms with E-state index in [1.807, 2.05) is 18.3 Å². The Hall–Kier alpha value is -1.03. The smallest absolute Gasteiger partial charge is 0.230 e. The van der Waals surface area contributed by atoms with Crippen LogP contribution in [0, 0.1) is 5.92 Å². The highest BCUT2D eigenvalue weighted by Crippen LogP contribution is 2.28. The molecule has 1 heterocycles. The summed E-state index contributed by atoms with van der Waals surface area (Å²) in [6.45, 7) is 2.16. The van der Waals surface area contributed by atoms with Crippen molar-refractivity contribution in [1.29, 1.82) is 0 Å². The van der Waals surface area contributed by atoms with Crippen LogP contribution in [0.4, 0.5) is 0 Å². The minimum Gasteiger partial charge on any atom is -0.352 e. The molecule has 1 aliphatic carbocycles. The first kappa shape index (κ1) is 11.5. The van der Waals surface area contributed by atoms with Crippen molar-refractivity contribution in [3.8, 4) is 0 Å². The molecule has 0 spiro atoms. The van der Waals surface area contributed by atoms with Crippen LogP contribution < -0.4 is 5.32 Å². The highest BCUT2D eigenvalue weighted by Gasteiger charge is 2.33. The molecule has 1 aromatic rings. The zero-order valence-corrected chi connectivity index (χ0v) is 10.2. The number of nitrogens with zero attached hydrogens (tertiary/aromatic N) is 1. The Morgan fingerprint density at radius 2 is 2.50 bits per heavy atom. The van der Waals surface area contributed by atoms with Gasteiger partial charge in [0.2, 0.25) is 5.91 Å². The van der Waals surface area contributed by atoms with E-state index in [-0.39, 0.29) is 5.91 Å². The number of pyridine rings is 1. The third-order valence-electron chi connectivity index (χ3n) is 2.68. The lowest BCUT2D eigenvalue weighted by atomic mass is 10.3. The lowest BCUT2D eigenvalue weighted by Crippen LogP contribution is -2.28. The Morgan fingerprint density at radius 1 is 1.69 bits per heavy atom. The van der Waals surface area contributed by atoms with Crippen molar-refractivity contribution in [2.45, 2.75) is 25.1 Å². The summed E-state index contributed by atoms with van der Waals surface area (Å²) in [6, 6.07) is 4.38. The minimum atomic E-state index is 0.156. The van der Waals surface area contributed by atoms with Gasteiger partial charge >= 0.3 is 0 Å². The molecule has 1 aliphatic rings. The SMILES string of the molecule is CC1CC1NC(=O)CSCc1cccnc1. The number of thioether (sulfide) groups is 1. The summed E-state index contributed by atoms with van der Waals surface area (Å²) in [5.41, 5.74) is 1.17. The van der Waals surface area contributed by atoms with E-state index in [2.05, 4.69) is 17.2 Å². The van der Waals surface area contributed by atoms with Crippen LogP contribution in [0.3, 0.4) is 0 Å². The molecule has 1 aromatic heterocycles. The molecule has 16 heavy (non-hydrogen) atoms. The molecule has 0 saturated heterocycles. The van der Waals surface area contributed by atoms with E-state index in [1.165, 1.54) is 5.56 Å². The molecule has 0 bridgehead atoms. The van der Waals surface area contributed by atoms with Crippen molar-refractivity contribution in [1.82, 2.24) is 10.3 Å². The van der Waals surface area contributed by atoms with Crippen molar-refractivity contribution in [2.75, 3.05) is 5.75 Å². The van der Waals surface area contributed by atoms with Crippen molar-refractivity contribution in [3.05, 3.63) is 30.1 Å². The molecule has 1 N–H and O–H groups in total. The molecule has 0 aromatic carbocycles. The molecular weight excluding hydrogens is 220 g/mol. The van der Waals surface area contributed by atoms with Crippen LogP contribution in [0.1, 0.15) is 18.9 Å². The van der Waals surface area contributed by atoms with Gasteiger partial charge in [0.25, 0.3) is 0 Å². The van der Waals surface area contributed by atoms with Gasteiger partial charge in [0.15, 0.2) is 0 Å². The predicted molar refractivity (Wildman–Crippen MR) is 66.1 cm³/mol. The maximum Gasteiger partial charge on any atom is 0.230 e. The van der Waals surface area contributed by atoms with E-state index in [0.29, 0.717) is 17.7 Å². The van der Waals surface area contributed by atoms with Gasteiger partial charge in [-0.15, -0.1) is 11.8 Å². The van der Waals surface area contributed by atoms with Gasteiger partial charge in [-0.3, -0.25) is 9.78 Å². The van der Waals surface area contributed by atoms with E-state index < -0.39 is 0 Å². The Balaban J connectivity index is 1.62. The Kier molecular flexibility index (Phi) is 3.83. The lowest BCUT2D eigenvalue weighted by Gasteiger charge is -2.03. The van der Waals surface area contributed by atoms with E-state index in [0.717, 1.165) is 12.2 Å². The molecule has 1 amide bonds. The Morgan fingerprint density at radius 3 is 3.12 bits per heavy atom. The average Bonchev–Trinajstić information content (AvgIpc) is 2.95. The maximum atomic E-state index is 11.5. The molecule has 0 aliphatic heterocycles. The first-order valence-corrected chi connectivity index (χ1v) is 6.67. The second-order valence-corrected chi connectivity index (χ2v) is 5.23. The maximum absolute atomic E-state index is 11.5. The fourth-order valence-electron chi connectivity index (χ4n) is 1.52. The summed E-state index contributed by atoms with van der Waals surface area (Å²) in [5, 5.41) is 3.01. The van der Waals surface area contributed by atoms with Crippen LogP contribution in [0.5, 0.6) is 0 Å². The van der Waals surface area contributed by atoms with Crippen LogP contribution >= 0.6 is 11.8 Å². The highest BCUT2D eigenvalue weighted by molar-refractivity contribution is 7.99. The van der Waals surface area contributed by atoms with Crippen molar-refractivity contribution in [3.63, 3.8) is 0 Å². The monoisotopic (exact) mass is 236 g/mol. The number of nitrogens with one attached hydrogen (secondary N) is 1. The molecule has 2 rings (SSSR count). The number of rotatable bonds is 5. The quantitative estimate of drug-likeness (QED) is 0.848. The normalized spacial score (nSPS) is 22.8. The molecule has 86 valence electrons. The zero-order chi connectivity index (χ0) is 11.4. The molecule has 2 atom stereocenters. The van der Waals surface area contributed by atoms with Crippen LogP contribution in [-0.2, 0) is 10.5 Å². The number of carbonyl (C=O) groups excluding carboxylic acids is 1. The third-order valence-corrected chi connectivity index (χ3v) is 3.68. The molecular formula is C12H16N2OS. The van der Waals surface area contributed by atoms with Crippen molar-refractivity contribution >= 4 is 17.7 Å². The van der Waals surface area contributed by atoms with E-state index in [1.54, 1.807) is 18.0 Å². The number of amides is 1. The summed E-state index contributed by atoms with van der Waals surface area (Å²) in [5.74, 6) is 2.22. The number of hydrogen-bond donors (Lipinski definition) is 1. The summed E-state index contributed by atoms with van der Waals surface area (Å²) in [6.07, 6.45) is 4.74. The fourth-order valence-corrected chi connectivity index (χ4v) is 2.29. The van der Waals surface area contributed by atoms with Crippen LogP contribution in [0.25, 0.3) is 0 Å². The number of hydrogen-bond acceptors (Lipinski definition) is 3. The van der Waals surface area contributed by atoms with Crippen LogP contribution in [-0.4, -0.2) is 22.7 Å². The largest absolute Gasteiger partial charge is 0.352 e. The Bertz CT molecular complexity index is 355. The van der Waals surface area contributed by atoms with Crippen LogP contribution in [0.15, 0.2) is 24.5 Å². The van der Waals surface area contributed by atoms with Gasteiger partial charge in [-0.1, -0.05) is 13.0 Å². The van der Waals surface area contributed by atoms with E-state index in [9.17, 15) is 4.79 Å². The van der Waals surface area contributed by atoms with Gasteiger partial charge in [0, 0.05) is 24.2 Å². The second kappa shape index (κ2) is 5.34. The minimum absolute atomic E-state index is 0.156. The predicted octanol–water partition coefficient (Wildman–Crippen LogP) is 1.84. The summed E-state index contributed by atoms with van der Waals surface area (Å²) < 4.78 is 0. The molecule has 1 fully saturated rings. The number of aromatic nitrogens is 1. The van der Waals surface area contributed by atoms with Gasteiger partial charge in [-0.05, 0) is 24.0 Å².